The quantitative estimate of drug-likeness (QED) is 0.618. The van der Waals surface area contributed by atoms with Crippen LogP contribution in [0.3, 0.4) is 0 Å². The summed E-state index contributed by atoms with van der Waals surface area (Å²) in [5.41, 5.74) is 1.58. The summed E-state index contributed by atoms with van der Waals surface area (Å²) in [6.45, 7) is 7.46. The van der Waals surface area contributed by atoms with Crippen LogP contribution >= 0.6 is 0 Å². The molecule has 0 fully saturated rings. The van der Waals surface area contributed by atoms with E-state index in [0.29, 0.717) is 24.7 Å². The summed E-state index contributed by atoms with van der Waals surface area (Å²) in [6, 6.07) is 3.64. The topological polar surface area (TPSA) is 84.2 Å². The average Bonchev–Trinajstić information content (AvgIpc) is 3.15. The Morgan fingerprint density at radius 3 is 2.78 bits per heavy atom. The Bertz CT molecular complexity index is 1160. The second-order valence-corrected chi connectivity index (χ2v) is 8.28. The molecule has 5 heterocycles. The van der Waals surface area contributed by atoms with Crippen LogP contribution in [-0.4, -0.2) is 62.4 Å². The molecule has 168 valence electrons. The van der Waals surface area contributed by atoms with Crippen molar-refractivity contribution in [3.8, 4) is 17.1 Å². The zero-order valence-corrected chi connectivity index (χ0v) is 18.1. The number of rotatable bonds is 4. The Kier molecular flexibility index (Phi) is 5.12. The van der Waals surface area contributed by atoms with E-state index in [4.69, 9.17) is 4.74 Å². The van der Waals surface area contributed by atoms with Crippen molar-refractivity contribution >= 4 is 17.5 Å². The Labute approximate surface area is 184 Å². The fourth-order valence-corrected chi connectivity index (χ4v) is 4.04. The number of hydrogen-bond acceptors (Lipinski definition) is 8. The molecule has 11 heteroatoms. The molecule has 0 aliphatic carbocycles. The lowest BCUT2D eigenvalue weighted by molar-refractivity contribution is 0.259. The molecular formula is C21H24F2N8O. The van der Waals surface area contributed by atoms with Crippen molar-refractivity contribution < 1.29 is 13.5 Å². The summed E-state index contributed by atoms with van der Waals surface area (Å²) in [5.74, 6) is -0.684. The van der Waals surface area contributed by atoms with E-state index in [9.17, 15) is 8.78 Å². The van der Waals surface area contributed by atoms with Crippen LogP contribution in [0.5, 0.6) is 5.75 Å². The standard InChI is InChI=1S/C21H24F2N8O/c1-12(2)30-6-7-32-19-16(30)9-15(25-20(19)23)18-14(22)10-24-21(27-18)26-17-8-13-11-29(3)4-5-31(13)28-17/h8-10,12H,4-7,11H2,1-3H3,(H,24,26,27,28). The van der Waals surface area contributed by atoms with Crippen LogP contribution in [0.25, 0.3) is 11.4 Å². The summed E-state index contributed by atoms with van der Waals surface area (Å²) < 4.78 is 36.8. The predicted molar refractivity (Wildman–Crippen MR) is 115 cm³/mol. The Morgan fingerprint density at radius 2 is 1.97 bits per heavy atom. The molecule has 0 unspecified atom stereocenters. The summed E-state index contributed by atoms with van der Waals surface area (Å²) in [7, 11) is 2.05. The molecule has 3 aromatic heterocycles. The third-order valence-corrected chi connectivity index (χ3v) is 5.64. The van der Waals surface area contributed by atoms with Crippen LogP contribution in [0, 0.1) is 11.8 Å². The van der Waals surface area contributed by atoms with Crippen molar-refractivity contribution in [2.45, 2.75) is 33.0 Å². The van der Waals surface area contributed by atoms with Crippen LogP contribution in [0.1, 0.15) is 19.5 Å². The molecule has 0 radical (unpaired) electrons. The van der Waals surface area contributed by atoms with Crippen LogP contribution in [-0.2, 0) is 13.1 Å². The van der Waals surface area contributed by atoms with Crippen molar-refractivity contribution in [2.24, 2.45) is 0 Å². The Morgan fingerprint density at radius 1 is 1.12 bits per heavy atom. The van der Waals surface area contributed by atoms with E-state index in [1.807, 2.05) is 29.5 Å². The van der Waals surface area contributed by atoms with Gasteiger partial charge in [-0.25, -0.2) is 19.3 Å². The number of halogens is 2. The number of nitrogens with one attached hydrogen (secondary N) is 1. The number of fused-ring (bicyclic) bond motifs is 2. The van der Waals surface area contributed by atoms with Crippen LogP contribution in [0.15, 0.2) is 18.3 Å². The smallest absolute Gasteiger partial charge is 0.258 e. The van der Waals surface area contributed by atoms with Gasteiger partial charge in [0.15, 0.2) is 17.4 Å². The minimum atomic E-state index is -0.790. The molecule has 5 rings (SSSR count). The number of hydrogen-bond donors (Lipinski definition) is 1. The first-order chi connectivity index (χ1) is 15.4. The highest BCUT2D eigenvalue weighted by molar-refractivity contribution is 5.69. The van der Waals surface area contributed by atoms with Gasteiger partial charge in [0.25, 0.3) is 5.95 Å². The van der Waals surface area contributed by atoms with Gasteiger partial charge >= 0.3 is 0 Å². The van der Waals surface area contributed by atoms with Crippen molar-refractivity contribution in [2.75, 3.05) is 37.0 Å². The van der Waals surface area contributed by atoms with Gasteiger partial charge in [0.2, 0.25) is 5.95 Å². The lowest BCUT2D eigenvalue weighted by Crippen LogP contribution is -2.38. The highest BCUT2D eigenvalue weighted by Crippen LogP contribution is 2.37. The number of nitrogens with zero attached hydrogens (tertiary/aromatic N) is 7. The first kappa shape index (κ1) is 20.6. The van der Waals surface area contributed by atoms with E-state index in [1.54, 1.807) is 6.07 Å². The van der Waals surface area contributed by atoms with Crippen molar-refractivity contribution in [1.82, 2.24) is 29.6 Å². The number of anilines is 3. The summed E-state index contributed by atoms with van der Waals surface area (Å²) in [4.78, 5) is 16.4. The van der Waals surface area contributed by atoms with E-state index in [-0.39, 0.29) is 29.1 Å². The van der Waals surface area contributed by atoms with E-state index in [2.05, 4.69) is 37.3 Å². The highest BCUT2D eigenvalue weighted by atomic mass is 19.1. The van der Waals surface area contributed by atoms with Crippen LogP contribution in [0.2, 0.25) is 0 Å². The molecule has 0 aromatic carbocycles. The minimum Gasteiger partial charge on any atom is -0.485 e. The molecule has 0 atom stereocenters. The third-order valence-electron chi connectivity index (χ3n) is 5.64. The predicted octanol–water partition coefficient (Wildman–Crippen LogP) is 2.81. The Hall–Kier alpha value is -3.34. The maximum absolute atomic E-state index is 14.7. The molecule has 0 saturated carbocycles. The molecule has 9 nitrogen and oxygen atoms in total. The normalized spacial score (nSPS) is 16.0. The van der Waals surface area contributed by atoms with Gasteiger partial charge in [-0.3, -0.25) is 9.58 Å². The lowest BCUT2D eigenvalue weighted by atomic mass is 10.1. The fraction of sp³-hybridized carbons (Fsp3) is 0.429. The van der Waals surface area contributed by atoms with Gasteiger partial charge < -0.3 is 15.0 Å². The van der Waals surface area contributed by atoms with Crippen LogP contribution in [0.4, 0.5) is 26.2 Å². The molecule has 2 aliphatic heterocycles. The van der Waals surface area contributed by atoms with Gasteiger partial charge in [0.05, 0.1) is 36.4 Å². The zero-order valence-electron chi connectivity index (χ0n) is 18.1. The first-order valence-electron chi connectivity index (χ1n) is 10.5. The minimum absolute atomic E-state index is 0.0751. The largest absolute Gasteiger partial charge is 0.485 e. The SMILES string of the molecule is CC(C)N1CCOc2c1cc(-c1nc(Nc3cc4n(n3)CCN(C)C4)ncc1F)nc2F. The average molecular weight is 442 g/mol. The van der Waals surface area contributed by atoms with Crippen LogP contribution < -0.4 is 15.0 Å². The Balaban J connectivity index is 1.48. The van der Waals surface area contributed by atoms with E-state index in [1.165, 1.54) is 0 Å². The maximum atomic E-state index is 14.7. The molecule has 0 bridgehead atoms. The molecule has 0 spiro atoms. The van der Waals surface area contributed by atoms with Gasteiger partial charge in [-0.2, -0.15) is 9.49 Å². The highest BCUT2D eigenvalue weighted by Gasteiger charge is 2.27. The van der Waals surface area contributed by atoms with Gasteiger partial charge in [-0.15, -0.1) is 0 Å². The molecular weight excluding hydrogens is 418 g/mol. The maximum Gasteiger partial charge on any atom is 0.258 e. The van der Waals surface area contributed by atoms with Gasteiger partial charge in [0.1, 0.15) is 12.3 Å². The van der Waals surface area contributed by atoms with Gasteiger partial charge in [0, 0.05) is 25.2 Å². The molecule has 0 amide bonds. The lowest BCUT2D eigenvalue weighted by Gasteiger charge is -2.34. The first-order valence-corrected chi connectivity index (χ1v) is 10.5. The van der Waals surface area contributed by atoms with Crippen molar-refractivity contribution in [1.29, 1.82) is 0 Å². The number of aromatic nitrogens is 5. The third kappa shape index (κ3) is 3.72. The summed E-state index contributed by atoms with van der Waals surface area (Å²) in [6.07, 6.45) is 1.05. The fourth-order valence-electron chi connectivity index (χ4n) is 4.04. The summed E-state index contributed by atoms with van der Waals surface area (Å²) in [5, 5.41) is 7.53. The molecule has 3 aromatic rings. The molecule has 32 heavy (non-hydrogen) atoms. The second-order valence-electron chi connectivity index (χ2n) is 8.28. The van der Waals surface area contributed by atoms with E-state index < -0.39 is 11.8 Å². The van der Waals surface area contributed by atoms with Crippen molar-refractivity contribution in [3.63, 3.8) is 0 Å². The molecule has 1 N–H and O–H groups in total. The second kappa shape index (κ2) is 7.97. The van der Waals surface area contributed by atoms with Gasteiger partial charge in [-0.05, 0) is 27.0 Å². The number of likely N-dealkylation sites (N-methyl/N-ethyl adjacent to an activating group) is 1. The number of ether oxygens (including phenoxy) is 1. The summed E-state index contributed by atoms with van der Waals surface area (Å²) >= 11 is 0. The molecule has 0 saturated heterocycles. The number of pyridine rings is 1. The van der Waals surface area contributed by atoms with Gasteiger partial charge in [-0.1, -0.05) is 0 Å². The van der Waals surface area contributed by atoms with Crippen molar-refractivity contribution in [3.05, 3.63) is 35.8 Å². The van der Waals surface area contributed by atoms with E-state index in [0.717, 1.165) is 31.5 Å². The zero-order chi connectivity index (χ0) is 22.4. The van der Waals surface area contributed by atoms with E-state index >= 15 is 0 Å². The monoisotopic (exact) mass is 442 g/mol. The molecule has 2 aliphatic rings.